The van der Waals surface area contributed by atoms with Gasteiger partial charge >= 0.3 is 0 Å². The van der Waals surface area contributed by atoms with Crippen LogP contribution in [0.5, 0.6) is 0 Å². The number of benzene rings is 3. The minimum absolute atomic E-state index is 0.0456. The quantitative estimate of drug-likeness (QED) is 0.254. The van der Waals surface area contributed by atoms with Gasteiger partial charge in [-0.25, -0.2) is 4.98 Å². The smallest absolute Gasteiger partial charge is 0.143 e. The maximum Gasteiger partial charge on any atom is 0.143 e. The summed E-state index contributed by atoms with van der Waals surface area (Å²) in [6.45, 7) is 3.67. The number of hydrogen-bond donors (Lipinski definition) is 1. The highest BCUT2D eigenvalue weighted by Crippen LogP contribution is 2.48. The van der Waals surface area contributed by atoms with Crippen LogP contribution >= 0.6 is 0 Å². The van der Waals surface area contributed by atoms with Crippen LogP contribution in [0.1, 0.15) is 42.9 Å². The number of aromatic nitrogens is 3. The lowest BCUT2D eigenvalue weighted by atomic mass is 9.62. The largest absolute Gasteiger partial charge is 0.396 e. The summed E-state index contributed by atoms with van der Waals surface area (Å²) in [5.74, 6) is 0.285. The number of methoxy groups -OCH3 is 1. The molecule has 1 aliphatic rings. The minimum Gasteiger partial charge on any atom is -0.396 e. The molecule has 6 heteroatoms. The maximum absolute atomic E-state index is 10.2. The van der Waals surface area contributed by atoms with Gasteiger partial charge in [-0.15, -0.1) is 0 Å². The minimum atomic E-state index is -0.745. The van der Waals surface area contributed by atoms with E-state index in [0.717, 1.165) is 36.0 Å². The first-order valence-corrected chi connectivity index (χ1v) is 13.9. The average Bonchev–Trinajstić information content (AvgIpc) is 3.50. The van der Waals surface area contributed by atoms with Crippen molar-refractivity contribution in [1.29, 1.82) is 0 Å². The summed E-state index contributed by atoms with van der Waals surface area (Å²) in [5.41, 5.74) is 2.43. The highest BCUT2D eigenvalue weighted by Gasteiger charge is 2.47. The van der Waals surface area contributed by atoms with E-state index in [1.165, 1.54) is 0 Å². The molecule has 1 N–H and O–H groups in total. The zero-order chi connectivity index (χ0) is 27.1. The molecule has 0 unspecified atom stereocenters. The molecule has 0 aliphatic heterocycles. The van der Waals surface area contributed by atoms with Gasteiger partial charge in [0.25, 0.3) is 0 Å². The van der Waals surface area contributed by atoms with Gasteiger partial charge in [-0.3, -0.25) is 4.68 Å². The Kier molecular flexibility index (Phi) is 8.56. The second-order valence-electron chi connectivity index (χ2n) is 11.0. The van der Waals surface area contributed by atoms with Crippen LogP contribution in [0.4, 0.5) is 0 Å². The molecule has 0 spiro atoms. The fourth-order valence-electron chi connectivity index (χ4n) is 6.58. The first-order chi connectivity index (χ1) is 19.1. The Morgan fingerprint density at radius 2 is 1.49 bits per heavy atom. The van der Waals surface area contributed by atoms with Gasteiger partial charge in [-0.1, -0.05) is 97.9 Å². The van der Waals surface area contributed by atoms with E-state index >= 15 is 0 Å². The van der Waals surface area contributed by atoms with Gasteiger partial charge < -0.3 is 14.6 Å². The van der Waals surface area contributed by atoms with E-state index in [0.29, 0.717) is 13.2 Å². The lowest BCUT2D eigenvalue weighted by Gasteiger charge is -2.49. The van der Waals surface area contributed by atoms with Crippen molar-refractivity contribution in [3.05, 3.63) is 120 Å². The highest BCUT2D eigenvalue weighted by molar-refractivity contribution is 5.47. The summed E-state index contributed by atoms with van der Waals surface area (Å²) < 4.78 is 15.2. The molecule has 6 nitrogen and oxygen atoms in total. The van der Waals surface area contributed by atoms with Crippen LogP contribution in [-0.2, 0) is 21.6 Å². The van der Waals surface area contributed by atoms with E-state index in [-0.39, 0.29) is 30.0 Å². The van der Waals surface area contributed by atoms with Crippen molar-refractivity contribution in [2.75, 3.05) is 20.3 Å². The lowest BCUT2D eigenvalue weighted by molar-refractivity contribution is -0.122. The van der Waals surface area contributed by atoms with Crippen molar-refractivity contribution >= 4 is 0 Å². The molecule has 3 aromatic carbocycles. The first kappa shape index (κ1) is 27.3. The molecule has 1 saturated carbocycles. The van der Waals surface area contributed by atoms with E-state index < -0.39 is 5.60 Å². The molecule has 1 aliphatic carbocycles. The zero-order valence-corrected chi connectivity index (χ0v) is 22.9. The normalized spacial score (nSPS) is 23.5. The van der Waals surface area contributed by atoms with Crippen molar-refractivity contribution in [3.63, 3.8) is 0 Å². The van der Waals surface area contributed by atoms with Gasteiger partial charge in [-0.05, 0) is 47.3 Å². The number of nitrogens with zero attached hydrogens (tertiary/aromatic N) is 3. The topological polar surface area (TPSA) is 69.4 Å². The van der Waals surface area contributed by atoms with E-state index in [1.54, 1.807) is 19.8 Å². The maximum atomic E-state index is 10.2. The van der Waals surface area contributed by atoms with Gasteiger partial charge in [0.05, 0.1) is 6.10 Å². The van der Waals surface area contributed by atoms with Crippen molar-refractivity contribution in [1.82, 2.24) is 14.8 Å². The van der Waals surface area contributed by atoms with Crippen LogP contribution in [0, 0.1) is 17.3 Å². The molecule has 204 valence electrons. The van der Waals surface area contributed by atoms with Crippen molar-refractivity contribution < 1.29 is 14.6 Å². The predicted molar refractivity (Wildman–Crippen MR) is 152 cm³/mol. The Labute approximate surface area is 231 Å². The number of aliphatic hydroxyl groups excluding tert-OH is 1. The summed E-state index contributed by atoms with van der Waals surface area (Å²) in [5, 5.41) is 14.5. The van der Waals surface area contributed by atoms with Crippen LogP contribution in [0.25, 0.3) is 0 Å². The van der Waals surface area contributed by atoms with Crippen LogP contribution < -0.4 is 0 Å². The molecular formula is C33H39N3O3. The summed E-state index contributed by atoms with van der Waals surface area (Å²) in [4.78, 5) is 4.12. The third-order valence-electron chi connectivity index (χ3n) is 8.65. The number of hydrogen-bond acceptors (Lipinski definition) is 5. The summed E-state index contributed by atoms with van der Waals surface area (Å²) in [6.07, 6.45) is 5.98. The van der Waals surface area contributed by atoms with Gasteiger partial charge in [0.2, 0.25) is 0 Å². The second-order valence-corrected chi connectivity index (χ2v) is 11.0. The van der Waals surface area contributed by atoms with Crippen LogP contribution in [-0.4, -0.2) is 46.3 Å². The molecule has 0 bridgehead atoms. The van der Waals surface area contributed by atoms with Crippen molar-refractivity contribution in [2.24, 2.45) is 17.3 Å². The molecule has 1 heterocycles. The fourth-order valence-corrected chi connectivity index (χ4v) is 6.58. The Bertz CT molecular complexity index is 1170. The molecule has 5 rings (SSSR count). The van der Waals surface area contributed by atoms with E-state index in [9.17, 15) is 5.11 Å². The van der Waals surface area contributed by atoms with Crippen molar-refractivity contribution in [2.45, 2.75) is 44.4 Å². The van der Waals surface area contributed by atoms with Gasteiger partial charge in [0.1, 0.15) is 18.3 Å². The second kappa shape index (κ2) is 12.2. The first-order valence-electron chi connectivity index (χ1n) is 13.9. The lowest BCUT2D eigenvalue weighted by Crippen LogP contribution is -2.50. The summed E-state index contributed by atoms with van der Waals surface area (Å²) in [7, 11) is 1.79. The zero-order valence-electron chi connectivity index (χ0n) is 22.9. The molecule has 0 amide bonds. The molecular weight excluding hydrogens is 486 g/mol. The Morgan fingerprint density at radius 1 is 0.923 bits per heavy atom. The Morgan fingerprint density at radius 3 is 1.95 bits per heavy atom. The Hall–Kier alpha value is -3.32. The number of rotatable bonds is 11. The molecule has 0 saturated heterocycles. The number of aliphatic hydroxyl groups is 1. The fraction of sp³-hybridized carbons (Fsp3) is 0.394. The SMILES string of the molecule is CO[C@@H]1[C@@H](Cn2cncn2)[C@H](CO)CC[C@@]1(C)CCOC(c1ccccc1)(c1ccccc1)c1ccccc1. The third kappa shape index (κ3) is 5.55. The third-order valence-corrected chi connectivity index (χ3v) is 8.65. The molecule has 0 radical (unpaired) electrons. The standard InChI is InChI=1S/C33H39N3O3/c1-32(19-18-26(23-37)30(31(32)38-2)22-36-25-34-24-35-36)20-21-39-33(27-12-6-3-7-13-27,28-14-8-4-9-15-28)29-16-10-5-11-17-29/h3-17,24-26,30-31,37H,18-23H2,1-2H3/t26-,30-,31+,32-/m0/s1. The molecule has 4 aromatic rings. The van der Waals surface area contributed by atoms with Crippen molar-refractivity contribution in [3.8, 4) is 0 Å². The highest BCUT2D eigenvalue weighted by atomic mass is 16.5. The van der Waals surface area contributed by atoms with Gasteiger partial charge in [-0.2, -0.15) is 5.10 Å². The summed E-state index contributed by atoms with van der Waals surface area (Å²) in [6, 6.07) is 31.5. The molecule has 1 aromatic heterocycles. The summed E-state index contributed by atoms with van der Waals surface area (Å²) >= 11 is 0. The Balaban J connectivity index is 1.46. The predicted octanol–water partition coefficient (Wildman–Crippen LogP) is 5.72. The van der Waals surface area contributed by atoms with Gasteiger partial charge in [0, 0.05) is 32.8 Å². The van der Waals surface area contributed by atoms with Crippen LogP contribution in [0.15, 0.2) is 104 Å². The van der Waals surface area contributed by atoms with E-state index in [4.69, 9.17) is 9.47 Å². The molecule has 39 heavy (non-hydrogen) atoms. The van der Waals surface area contributed by atoms with Crippen LogP contribution in [0.2, 0.25) is 0 Å². The molecule has 1 fully saturated rings. The van der Waals surface area contributed by atoms with E-state index in [1.807, 2.05) is 22.9 Å². The number of ether oxygens (including phenoxy) is 2. The average molecular weight is 526 g/mol. The van der Waals surface area contributed by atoms with E-state index in [2.05, 4.69) is 89.8 Å². The van der Waals surface area contributed by atoms with Crippen LogP contribution in [0.3, 0.4) is 0 Å². The van der Waals surface area contributed by atoms with Gasteiger partial charge in [0.15, 0.2) is 0 Å². The molecule has 4 atom stereocenters. The monoisotopic (exact) mass is 525 g/mol.